The molecule has 1 aromatic carbocycles. The fourth-order valence-electron chi connectivity index (χ4n) is 2.74. The van der Waals surface area contributed by atoms with E-state index >= 15 is 0 Å². The van der Waals surface area contributed by atoms with Gasteiger partial charge >= 0.3 is 0 Å². The van der Waals surface area contributed by atoms with Crippen LogP contribution in [0.4, 0.5) is 0 Å². The Morgan fingerprint density at radius 2 is 2.37 bits per heavy atom. The van der Waals surface area contributed by atoms with Gasteiger partial charge in [0.05, 0.1) is 0 Å². The molecule has 4 heteroatoms. The lowest BCUT2D eigenvalue weighted by Gasteiger charge is -2.18. The van der Waals surface area contributed by atoms with Crippen molar-refractivity contribution < 1.29 is 4.79 Å². The zero-order valence-corrected chi connectivity index (χ0v) is 11.9. The molecule has 1 atom stereocenters. The quantitative estimate of drug-likeness (QED) is 0.887. The minimum Gasteiger partial charge on any atom is -0.351 e. The molecule has 0 aromatic heterocycles. The molecule has 102 valence electrons. The van der Waals surface area contributed by atoms with Crippen LogP contribution in [0, 0.1) is 0 Å². The molecule has 1 amide bonds. The average molecular weight is 276 g/mol. The molecule has 1 saturated heterocycles. The third-order valence-corrected chi connectivity index (χ3v) is 5.27. The fourth-order valence-corrected chi connectivity index (χ4v) is 3.94. The average Bonchev–Trinajstić information content (AvgIpc) is 2.97. The number of carbonyl (C=O) groups is 1. The van der Waals surface area contributed by atoms with Crippen molar-refractivity contribution in [2.45, 2.75) is 31.1 Å². The van der Waals surface area contributed by atoms with Crippen molar-refractivity contribution in [3.8, 4) is 0 Å². The second-order valence-corrected chi connectivity index (χ2v) is 6.66. The van der Waals surface area contributed by atoms with Gasteiger partial charge in [-0.25, -0.2) is 0 Å². The second kappa shape index (κ2) is 5.97. The highest BCUT2D eigenvalue weighted by Gasteiger charge is 2.17. The summed E-state index contributed by atoms with van der Waals surface area (Å²) in [5.41, 5.74) is 3.45. The molecule has 0 radical (unpaired) electrons. The van der Waals surface area contributed by atoms with Gasteiger partial charge in [-0.15, -0.1) is 0 Å². The van der Waals surface area contributed by atoms with Crippen molar-refractivity contribution in [3.05, 3.63) is 34.9 Å². The zero-order valence-electron chi connectivity index (χ0n) is 11.1. The molecule has 0 bridgehead atoms. The number of rotatable bonds is 3. The summed E-state index contributed by atoms with van der Waals surface area (Å²) in [4.78, 5) is 12.1. The van der Waals surface area contributed by atoms with Crippen molar-refractivity contribution >= 4 is 17.7 Å². The van der Waals surface area contributed by atoms with E-state index < -0.39 is 0 Å². The Labute approximate surface area is 118 Å². The van der Waals surface area contributed by atoms with Gasteiger partial charge in [-0.3, -0.25) is 4.79 Å². The van der Waals surface area contributed by atoms with Crippen molar-refractivity contribution in [1.82, 2.24) is 10.6 Å². The van der Waals surface area contributed by atoms with Gasteiger partial charge in [0.1, 0.15) is 0 Å². The Bertz CT molecular complexity index is 469. The van der Waals surface area contributed by atoms with Gasteiger partial charge in [0.15, 0.2) is 0 Å². The maximum absolute atomic E-state index is 12.1. The van der Waals surface area contributed by atoms with Crippen molar-refractivity contribution in [1.29, 1.82) is 0 Å². The predicted octanol–water partition coefficient (Wildman–Crippen LogP) is 1.96. The maximum atomic E-state index is 12.1. The van der Waals surface area contributed by atoms with E-state index in [4.69, 9.17) is 0 Å². The van der Waals surface area contributed by atoms with E-state index in [0.29, 0.717) is 5.25 Å². The van der Waals surface area contributed by atoms with E-state index in [0.717, 1.165) is 31.6 Å². The summed E-state index contributed by atoms with van der Waals surface area (Å²) >= 11 is 1.98. The minimum absolute atomic E-state index is 0.0703. The van der Waals surface area contributed by atoms with Crippen LogP contribution in [0.2, 0.25) is 0 Å². The second-order valence-electron chi connectivity index (χ2n) is 5.26. The Hall–Kier alpha value is -1.00. The third-order valence-electron chi connectivity index (χ3n) is 3.87. The molecule has 19 heavy (non-hydrogen) atoms. The molecule has 1 fully saturated rings. The van der Waals surface area contributed by atoms with Crippen LogP contribution in [0.3, 0.4) is 0 Å². The number of hydrogen-bond donors (Lipinski definition) is 2. The van der Waals surface area contributed by atoms with Gasteiger partial charge in [0, 0.05) is 23.9 Å². The summed E-state index contributed by atoms with van der Waals surface area (Å²) in [7, 11) is 0. The zero-order chi connectivity index (χ0) is 13.1. The van der Waals surface area contributed by atoms with E-state index in [1.807, 2.05) is 23.9 Å². The molecule has 2 heterocycles. The van der Waals surface area contributed by atoms with Crippen LogP contribution in [0.25, 0.3) is 0 Å². The summed E-state index contributed by atoms with van der Waals surface area (Å²) in [6.07, 6.45) is 3.59. The Balaban J connectivity index is 1.62. The molecular formula is C15H20N2OS. The monoisotopic (exact) mass is 276 g/mol. The number of fused-ring (bicyclic) bond motifs is 1. The van der Waals surface area contributed by atoms with E-state index in [9.17, 15) is 4.79 Å². The number of nitrogens with one attached hydrogen (secondary N) is 2. The molecule has 2 aliphatic rings. The van der Waals surface area contributed by atoms with Crippen molar-refractivity contribution in [3.63, 3.8) is 0 Å². The third kappa shape index (κ3) is 3.12. The van der Waals surface area contributed by atoms with Crippen molar-refractivity contribution in [2.75, 3.05) is 18.8 Å². The fraction of sp³-hybridized carbons (Fsp3) is 0.533. The van der Waals surface area contributed by atoms with E-state index in [2.05, 4.69) is 16.7 Å². The number of thioether (sulfide) groups is 1. The van der Waals surface area contributed by atoms with Crippen LogP contribution in [0.15, 0.2) is 18.2 Å². The molecule has 3 nitrogen and oxygen atoms in total. The Morgan fingerprint density at radius 3 is 3.21 bits per heavy atom. The lowest BCUT2D eigenvalue weighted by molar-refractivity contribution is 0.0953. The van der Waals surface area contributed by atoms with Gasteiger partial charge < -0.3 is 10.6 Å². The SMILES string of the molecule is O=C(NCC1CCCS1)c1ccc2c(c1)CNCC2. The summed E-state index contributed by atoms with van der Waals surface area (Å²) < 4.78 is 0. The van der Waals surface area contributed by atoms with Gasteiger partial charge in [-0.2, -0.15) is 11.8 Å². The van der Waals surface area contributed by atoms with E-state index in [-0.39, 0.29) is 5.91 Å². The van der Waals surface area contributed by atoms with Gasteiger partial charge in [0.2, 0.25) is 0 Å². The first kappa shape index (κ1) is 13.0. The van der Waals surface area contributed by atoms with Gasteiger partial charge in [0.25, 0.3) is 5.91 Å². The molecule has 3 rings (SSSR count). The Kier molecular flexibility index (Phi) is 4.09. The summed E-state index contributed by atoms with van der Waals surface area (Å²) in [6, 6.07) is 6.11. The van der Waals surface area contributed by atoms with E-state index in [1.165, 1.54) is 29.7 Å². The number of hydrogen-bond acceptors (Lipinski definition) is 3. The number of amides is 1. The normalized spacial score (nSPS) is 22.0. The first-order chi connectivity index (χ1) is 9.33. The molecule has 2 aliphatic heterocycles. The first-order valence-corrected chi connectivity index (χ1v) is 8.10. The topological polar surface area (TPSA) is 41.1 Å². The van der Waals surface area contributed by atoms with Crippen molar-refractivity contribution in [2.24, 2.45) is 0 Å². The highest BCUT2D eigenvalue weighted by molar-refractivity contribution is 8.00. The Morgan fingerprint density at radius 1 is 1.42 bits per heavy atom. The predicted molar refractivity (Wildman–Crippen MR) is 79.7 cm³/mol. The first-order valence-electron chi connectivity index (χ1n) is 7.05. The molecule has 0 spiro atoms. The summed E-state index contributed by atoms with van der Waals surface area (Å²) in [5.74, 6) is 1.31. The summed E-state index contributed by atoms with van der Waals surface area (Å²) in [6.45, 7) is 2.73. The molecular weight excluding hydrogens is 256 g/mol. The molecule has 0 saturated carbocycles. The highest BCUT2D eigenvalue weighted by atomic mass is 32.2. The number of carbonyl (C=O) groups excluding carboxylic acids is 1. The van der Waals surface area contributed by atoms with Crippen LogP contribution >= 0.6 is 11.8 Å². The minimum atomic E-state index is 0.0703. The number of benzene rings is 1. The smallest absolute Gasteiger partial charge is 0.251 e. The maximum Gasteiger partial charge on any atom is 0.251 e. The van der Waals surface area contributed by atoms with Crippen LogP contribution in [-0.2, 0) is 13.0 Å². The molecule has 0 aliphatic carbocycles. The molecule has 1 aromatic rings. The van der Waals surface area contributed by atoms with Crippen LogP contribution in [0.1, 0.15) is 34.3 Å². The molecule has 1 unspecified atom stereocenters. The van der Waals surface area contributed by atoms with Crippen LogP contribution in [0.5, 0.6) is 0 Å². The van der Waals surface area contributed by atoms with Crippen LogP contribution in [-0.4, -0.2) is 30.0 Å². The van der Waals surface area contributed by atoms with Gasteiger partial charge in [-0.05, 0) is 54.8 Å². The van der Waals surface area contributed by atoms with Crippen LogP contribution < -0.4 is 10.6 Å². The standard InChI is InChI=1S/C15H20N2OS/c18-15(17-10-14-2-1-7-19-14)12-4-3-11-5-6-16-9-13(11)8-12/h3-4,8,14,16H,1-2,5-7,9-10H2,(H,17,18). The van der Waals surface area contributed by atoms with E-state index in [1.54, 1.807) is 0 Å². The molecule has 2 N–H and O–H groups in total. The lowest BCUT2D eigenvalue weighted by atomic mass is 9.98. The summed E-state index contributed by atoms with van der Waals surface area (Å²) in [5, 5.41) is 7.03. The van der Waals surface area contributed by atoms with Gasteiger partial charge in [-0.1, -0.05) is 6.07 Å². The lowest BCUT2D eigenvalue weighted by Crippen LogP contribution is -2.30. The highest BCUT2D eigenvalue weighted by Crippen LogP contribution is 2.25. The largest absolute Gasteiger partial charge is 0.351 e.